The normalized spacial score (nSPS) is 16.5. The van der Waals surface area contributed by atoms with Crippen molar-refractivity contribution in [1.29, 1.82) is 0 Å². The number of likely N-dealkylation sites (tertiary alicyclic amines) is 1. The summed E-state index contributed by atoms with van der Waals surface area (Å²) in [7, 11) is 0. The molecule has 0 unspecified atom stereocenters. The lowest BCUT2D eigenvalue weighted by molar-refractivity contribution is -0.137. The van der Waals surface area contributed by atoms with E-state index in [0.717, 1.165) is 51.4 Å². The lowest BCUT2D eigenvalue weighted by atomic mass is 10.1. The third kappa shape index (κ3) is 8.71. The molecular weight excluding hydrogens is 280 g/mol. The summed E-state index contributed by atoms with van der Waals surface area (Å²) in [6.45, 7) is 11.3. The van der Waals surface area contributed by atoms with Gasteiger partial charge in [0.1, 0.15) is 6.61 Å². The molecule has 0 spiro atoms. The summed E-state index contributed by atoms with van der Waals surface area (Å²) in [5, 5.41) is 3.44. The standard InChI is InChI=1S/C17H34N2O3/c1-4-18-16-7-9-19(10-8-16)17(20)14-22-13-12-21-11-5-6-15(2)3/h15-16,18H,4-14H2,1-3H3. The topological polar surface area (TPSA) is 50.8 Å². The second kappa shape index (κ2) is 11.9. The van der Waals surface area contributed by atoms with Crippen LogP contribution in [0.5, 0.6) is 0 Å². The highest BCUT2D eigenvalue weighted by Gasteiger charge is 2.21. The monoisotopic (exact) mass is 314 g/mol. The van der Waals surface area contributed by atoms with E-state index in [4.69, 9.17) is 9.47 Å². The van der Waals surface area contributed by atoms with E-state index in [1.54, 1.807) is 0 Å². The number of nitrogens with zero attached hydrogens (tertiary/aromatic N) is 1. The fourth-order valence-corrected chi connectivity index (χ4v) is 2.69. The molecule has 1 aliphatic rings. The molecule has 0 aliphatic carbocycles. The maximum Gasteiger partial charge on any atom is 0.248 e. The van der Waals surface area contributed by atoms with Crippen molar-refractivity contribution < 1.29 is 14.3 Å². The van der Waals surface area contributed by atoms with Gasteiger partial charge in [-0.25, -0.2) is 0 Å². The van der Waals surface area contributed by atoms with Crippen LogP contribution in [-0.2, 0) is 14.3 Å². The van der Waals surface area contributed by atoms with Crippen molar-refractivity contribution in [1.82, 2.24) is 10.2 Å². The SMILES string of the molecule is CCNC1CCN(C(=O)COCCOCCCC(C)C)CC1. The quantitative estimate of drug-likeness (QED) is 0.593. The van der Waals surface area contributed by atoms with E-state index < -0.39 is 0 Å². The summed E-state index contributed by atoms with van der Waals surface area (Å²) in [4.78, 5) is 13.9. The van der Waals surface area contributed by atoms with Crippen LogP contribution in [-0.4, -0.2) is 62.9 Å². The highest BCUT2D eigenvalue weighted by atomic mass is 16.5. The molecule has 1 saturated heterocycles. The molecule has 1 N–H and O–H groups in total. The van der Waals surface area contributed by atoms with E-state index in [1.165, 1.54) is 6.42 Å². The predicted molar refractivity (Wildman–Crippen MR) is 89.0 cm³/mol. The van der Waals surface area contributed by atoms with Crippen LogP contribution >= 0.6 is 0 Å². The number of rotatable bonds is 11. The minimum absolute atomic E-state index is 0.106. The van der Waals surface area contributed by atoms with E-state index in [2.05, 4.69) is 26.1 Å². The Hall–Kier alpha value is -0.650. The number of hydrogen-bond acceptors (Lipinski definition) is 4. The molecule has 0 atom stereocenters. The van der Waals surface area contributed by atoms with Gasteiger partial charge in [0.05, 0.1) is 13.2 Å². The Morgan fingerprint density at radius 2 is 1.86 bits per heavy atom. The smallest absolute Gasteiger partial charge is 0.248 e. The first-order valence-electron chi connectivity index (χ1n) is 8.80. The van der Waals surface area contributed by atoms with Crippen molar-refractivity contribution in [3.63, 3.8) is 0 Å². The van der Waals surface area contributed by atoms with E-state index in [9.17, 15) is 4.79 Å². The zero-order valence-electron chi connectivity index (χ0n) is 14.6. The summed E-state index contributed by atoms with van der Waals surface area (Å²) in [6.07, 6.45) is 4.37. The first kappa shape index (κ1) is 19.4. The van der Waals surface area contributed by atoms with Gasteiger partial charge >= 0.3 is 0 Å². The molecule has 0 radical (unpaired) electrons. The van der Waals surface area contributed by atoms with Gasteiger partial charge in [-0.2, -0.15) is 0 Å². The Bertz CT molecular complexity index is 290. The zero-order chi connectivity index (χ0) is 16.2. The molecule has 1 heterocycles. The average Bonchev–Trinajstić information content (AvgIpc) is 2.50. The number of carbonyl (C=O) groups excluding carboxylic acids is 1. The van der Waals surface area contributed by atoms with Crippen LogP contribution in [0.2, 0.25) is 0 Å². The lowest BCUT2D eigenvalue weighted by Gasteiger charge is -2.32. The molecule has 0 aromatic carbocycles. The van der Waals surface area contributed by atoms with Gasteiger partial charge in [-0.3, -0.25) is 4.79 Å². The van der Waals surface area contributed by atoms with Gasteiger partial charge < -0.3 is 19.7 Å². The third-order valence-electron chi connectivity index (χ3n) is 4.01. The molecule has 0 saturated carbocycles. The summed E-state index contributed by atoms with van der Waals surface area (Å²) < 4.78 is 10.9. The molecule has 5 nitrogen and oxygen atoms in total. The van der Waals surface area contributed by atoms with Gasteiger partial charge in [0, 0.05) is 25.7 Å². The number of piperidine rings is 1. The van der Waals surface area contributed by atoms with Crippen molar-refractivity contribution in [2.75, 3.05) is 46.1 Å². The summed E-state index contributed by atoms with van der Waals surface area (Å²) >= 11 is 0. The molecule has 130 valence electrons. The molecule has 0 bridgehead atoms. The summed E-state index contributed by atoms with van der Waals surface area (Å²) in [5.41, 5.74) is 0. The maximum atomic E-state index is 12.0. The first-order chi connectivity index (χ1) is 10.6. The van der Waals surface area contributed by atoms with Crippen LogP contribution in [0, 0.1) is 5.92 Å². The second-order valence-electron chi connectivity index (χ2n) is 6.41. The Morgan fingerprint density at radius 1 is 1.18 bits per heavy atom. The Labute approximate surface area is 135 Å². The van der Waals surface area contributed by atoms with Crippen molar-refractivity contribution >= 4 is 5.91 Å². The molecule has 0 aromatic heterocycles. The number of carbonyl (C=O) groups is 1. The molecule has 1 fully saturated rings. The molecular formula is C17H34N2O3. The summed E-state index contributed by atoms with van der Waals surface area (Å²) in [5.74, 6) is 0.837. The third-order valence-corrected chi connectivity index (χ3v) is 4.01. The molecule has 1 amide bonds. The van der Waals surface area contributed by atoms with Gasteiger partial charge in [0.15, 0.2) is 0 Å². The minimum atomic E-state index is 0.106. The minimum Gasteiger partial charge on any atom is -0.379 e. The van der Waals surface area contributed by atoms with E-state index in [1.807, 2.05) is 4.90 Å². The molecule has 1 rings (SSSR count). The Kier molecular flexibility index (Phi) is 10.5. The van der Waals surface area contributed by atoms with Gasteiger partial charge in [0.2, 0.25) is 5.91 Å². The number of hydrogen-bond donors (Lipinski definition) is 1. The number of ether oxygens (including phenoxy) is 2. The molecule has 5 heteroatoms. The van der Waals surface area contributed by atoms with Gasteiger partial charge in [-0.05, 0) is 38.1 Å². The van der Waals surface area contributed by atoms with Crippen LogP contribution < -0.4 is 5.32 Å². The molecule has 22 heavy (non-hydrogen) atoms. The fourth-order valence-electron chi connectivity index (χ4n) is 2.69. The van der Waals surface area contributed by atoms with Gasteiger partial charge in [0.25, 0.3) is 0 Å². The maximum absolute atomic E-state index is 12.0. The largest absolute Gasteiger partial charge is 0.379 e. The van der Waals surface area contributed by atoms with Gasteiger partial charge in [-0.1, -0.05) is 20.8 Å². The van der Waals surface area contributed by atoms with Crippen molar-refractivity contribution in [2.24, 2.45) is 5.92 Å². The van der Waals surface area contributed by atoms with Crippen molar-refractivity contribution in [2.45, 2.75) is 52.5 Å². The van der Waals surface area contributed by atoms with E-state index in [-0.39, 0.29) is 12.5 Å². The van der Waals surface area contributed by atoms with Gasteiger partial charge in [-0.15, -0.1) is 0 Å². The van der Waals surface area contributed by atoms with E-state index in [0.29, 0.717) is 19.3 Å². The highest BCUT2D eigenvalue weighted by molar-refractivity contribution is 5.77. The van der Waals surface area contributed by atoms with Crippen LogP contribution in [0.3, 0.4) is 0 Å². The van der Waals surface area contributed by atoms with Crippen molar-refractivity contribution in [3.8, 4) is 0 Å². The first-order valence-corrected chi connectivity index (χ1v) is 8.80. The fraction of sp³-hybridized carbons (Fsp3) is 0.941. The average molecular weight is 314 g/mol. The van der Waals surface area contributed by atoms with Crippen LogP contribution in [0.4, 0.5) is 0 Å². The van der Waals surface area contributed by atoms with Crippen LogP contribution in [0.15, 0.2) is 0 Å². The molecule has 1 aliphatic heterocycles. The Balaban J connectivity index is 1.96. The predicted octanol–water partition coefficient (Wildman–Crippen LogP) is 2.06. The molecule has 0 aromatic rings. The van der Waals surface area contributed by atoms with Crippen LogP contribution in [0.25, 0.3) is 0 Å². The summed E-state index contributed by atoms with van der Waals surface area (Å²) in [6, 6.07) is 0.564. The Morgan fingerprint density at radius 3 is 2.50 bits per heavy atom. The lowest BCUT2D eigenvalue weighted by Crippen LogP contribution is -2.46. The van der Waals surface area contributed by atoms with Crippen LogP contribution in [0.1, 0.15) is 46.5 Å². The zero-order valence-corrected chi connectivity index (χ0v) is 14.6. The number of nitrogens with one attached hydrogen (secondary N) is 1. The second-order valence-corrected chi connectivity index (χ2v) is 6.41. The van der Waals surface area contributed by atoms with Crippen molar-refractivity contribution in [3.05, 3.63) is 0 Å². The van der Waals surface area contributed by atoms with E-state index >= 15 is 0 Å². The number of amides is 1. The highest BCUT2D eigenvalue weighted by Crippen LogP contribution is 2.10.